The van der Waals surface area contributed by atoms with E-state index in [1.165, 1.54) is 0 Å². The molecule has 0 N–H and O–H groups in total. The predicted octanol–water partition coefficient (Wildman–Crippen LogP) is 4.16. The summed E-state index contributed by atoms with van der Waals surface area (Å²) < 4.78 is 6.21. The van der Waals surface area contributed by atoms with E-state index in [0.717, 1.165) is 41.1 Å². The first kappa shape index (κ1) is 14.5. The van der Waals surface area contributed by atoms with Crippen molar-refractivity contribution >= 4 is 23.2 Å². The number of hydrogen-bond acceptors (Lipinski definition) is 3. The number of carbonyl (C=O) groups excluding carboxylic acids is 1. The van der Waals surface area contributed by atoms with Crippen LogP contribution in [0.3, 0.4) is 0 Å². The number of aromatic nitrogens is 1. The summed E-state index contributed by atoms with van der Waals surface area (Å²) in [7, 11) is 0. The molecule has 118 valence electrons. The molecule has 4 rings (SSSR count). The van der Waals surface area contributed by atoms with Crippen LogP contribution >= 0.6 is 11.6 Å². The van der Waals surface area contributed by atoms with Crippen molar-refractivity contribution in [1.82, 2.24) is 4.98 Å². The maximum atomic E-state index is 12.0. The van der Waals surface area contributed by atoms with Crippen molar-refractivity contribution < 1.29 is 9.53 Å². The molecule has 3 heterocycles. The SMILES string of the molecule is CC1(C)Oc2cc(N3CCCC3=O)ccc2-c2cnc(Cl)cc21. The number of rotatable bonds is 1. The first-order valence-corrected chi connectivity index (χ1v) is 8.13. The highest BCUT2D eigenvalue weighted by Crippen LogP contribution is 2.46. The number of fused-ring (bicyclic) bond motifs is 3. The third-order valence-electron chi connectivity index (χ3n) is 4.52. The Morgan fingerprint density at radius 2 is 2.09 bits per heavy atom. The van der Waals surface area contributed by atoms with E-state index in [1.807, 2.05) is 43.0 Å². The van der Waals surface area contributed by atoms with Crippen LogP contribution in [0.4, 0.5) is 5.69 Å². The van der Waals surface area contributed by atoms with Crippen molar-refractivity contribution in [2.24, 2.45) is 0 Å². The van der Waals surface area contributed by atoms with E-state index in [2.05, 4.69) is 4.98 Å². The number of anilines is 1. The smallest absolute Gasteiger partial charge is 0.227 e. The predicted molar refractivity (Wildman–Crippen MR) is 89.9 cm³/mol. The maximum absolute atomic E-state index is 12.0. The minimum absolute atomic E-state index is 0.175. The molecule has 2 aromatic rings. The number of carbonyl (C=O) groups is 1. The number of pyridine rings is 1. The van der Waals surface area contributed by atoms with E-state index >= 15 is 0 Å². The molecule has 23 heavy (non-hydrogen) atoms. The van der Waals surface area contributed by atoms with E-state index in [9.17, 15) is 4.79 Å². The lowest BCUT2D eigenvalue weighted by Crippen LogP contribution is -2.30. The van der Waals surface area contributed by atoms with Gasteiger partial charge >= 0.3 is 0 Å². The first-order chi connectivity index (χ1) is 11.0. The number of ether oxygens (including phenoxy) is 1. The molecule has 0 aliphatic carbocycles. The van der Waals surface area contributed by atoms with Crippen LogP contribution in [0.15, 0.2) is 30.5 Å². The Bertz CT molecular complexity index is 817. The minimum atomic E-state index is -0.497. The van der Waals surface area contributed by atoms with Gasteiger partial charge in [-0.1, -0.05) is 11.6 Å². The van der Waals surface area contributed by atoms with Crippen molar-refractivity contribution in [3.8, 4) is 16.9 Å². The fourth-order valence-corrected chi connectivity index (χ4v) is 3.54. The zero-order chi connectivity index (χ0) is 16.2. The summed E-state index contributed by atoms with van der Waals surface area (Å²) in [6, 6.07) is 7.79. The summed E-state index contributed by atoms with van der Waals surface area (Å²) in [5, 5.41) is 0.461. The second-order valence-corrected chi connectivity index (χ2v) is 6.88. The normalized spacial score (nSPS) is 18.4. The van der Waals surface area contributed by atoms with E-state index in [4.69, 9.17) is 16.3 Å². The van der Waals surface area contributed by atoms with Gasteiger partial charge in [0.15, 0.2) is 0 Å². The molecule has 0 atom stereocenters. The van der Waals surface area contributed by atoms with Crippen LogP contribution in [0.25, 0.3) is 11.1 Å². The summed E-state index contributed by atoms with van der Waals surface area (Å²) in [5.41, 5.74) is 3.43. The van der Waals surface area contributed by atoms with Gasteiger partial charge in [-0.15, -0.1) is 0 Å². The van der Waals surface area contributed by atoms with E-state index in [-0.39, 0.29) is 5.91 Å². The Hall–Kier alpha value is -2.07. The molecule has 0 saturated carbocycles. The molecule has 1 saturated heterocycles. The number of nitrogens with zero attached hydrogens (tertiary/aromatic N) is 2. The molecule has 0 spiro atoms. The summed E-state index contributed by atoms with van der Waals surface area (Å²) in [5.74, 6) is 0.956. The van der Waals surface area contributed by atoms with Gasteiger partial charge in [0.05, 0.1) is 0 Å². The zero-order valence-electron chi connectivity index (χ0n) is 13.1. The van der Waals surface area contributed by atoms with E-state index in [0.29, 0.717) is 11.6 Å². The Kier molecular flexibility index (Phi) is 3.13. The lowest BCUT2D eigenvalue weighted by atomic mass is 9.87. The van der Waals surface area contributed by atoms with Crippen LogP contribution in [0, 0.1) is 0 Å². The van der Waals surface area contributed by atoms with Crippen LogP contribution in [0.2, 0.25) is 5.15 Å². The van der Waals surface area contributed by atoms with Crippen molar-refractivity contribution in [1.29, 1.82) is 0 Å². The molecule has 2 aliphatic heterocycles. The van der Waals surface area contributed by atoms with Crippen molar-refractivity contribution in [3.63, 3.8) is 0 Å². The lowest BCUT2D eigenvalue weighted by molar-refractivity contribution is -0.117. The standard InChI is InChI=1S/C18H17ClN2O2/c1-18(2)14-9-16(19)20-10-13(14)12-6-5-11(8-15(12)23-18)21-7-3-4-17(21)22/h5-6,8-10H,3-4,7H2,1-2H3. The third-order valence-corrected chi connectivity index (χ3v) is 4.73. The topological polar surface area (TPSA) is 42.4 Å². The van der Waals surface area contributed by atoms with Crippen molar-refractivity contribution in [2.75, 3.05) is 11.4 Å². The molecule has 0 bridgehead atoms. The molecule has 0 unspecified atom stereocenters. The molecular formula is C18H17ClN2O2. The van der Waals surface area contributed by atoms with Gasteiger partial charge in [-0.2, -0.15) is 0 Å². The highest BCUT2D eigenvalue weighted by atomic mass is 35.5. The number of halogens is 1. The summed E-state index contributed by atoms with van der Waals surface area (Å²) in [6.45, 7) is 4.80. The van der Waals surface area contributed by atoms with E-state index < -0.39 is 5.60 Å². The van der Waals surface area contributed by atoms with E-state index in [1.54, 1.807) is 6.20 Å². The Morgan fingerprint density at radius 1 is 1.26 bits per heavy atom. The molecule has 1 aromatic heterocycles. The molecule has 1 aromatic carbocycles. The van der Waals surface area contributed by atoms with Crippen LogP contribution < -0.4 is 9.64 Å². The molecule has 1 amide bonds. The lowest BCUT2D eigenvalue weighted by Gasteiger charge is -2.35. The van der Waals surface area contributed by atoms with Gasteiger partial charge in [0.25, 0.3) is 0 Å². The molecule has 2 aliphatic rings. The zero-order valence-corrected chi connectivity index (χ0v) is 13.9. The second kappa shape index (κ2) is 4.96. The van der Waals surface area contributed by atoms with Gasteiger partial charge in [-0.25, -0.2) is 4.98 Å². The molecule has 5 heteroatoms. The third kappa shape index (κ3) is 2.29. The minimum Gasteiger partial charge on any atom is -0.482 e. The van der Waals surface area contributed by atoms with Gasteiger partial charge in [0.1, 0.15) is 16.5 Å². The molecular weight excluding hydrogens is 312 g/mol. The molecule has 0 radical (unpaired) electrons. The summed E-state index contributed by atoms with van der Waals surface area (Å²) in [6.07, 6.45) is 3.32. The van der Waals surface area contributed by atoms with Crippen LogP contribution in [-0.4, -0.2) is 17.4 Å². The largest absolute Gasteiger partial charge is 0.482 e. The van der Waals surface area contributed by atoms with Gasteiger partial charge in [-0.3, -0.25) is 4.79 Å². The highest BCUT2D eigenvalue weighted by Gasteiger charge is 2.34. The maximum Gasteiger partial charge on any atom is 0.227 e. The van der Waals surface area contributed by atoms with Crippen molar-refractivity contribution in [2.45, 2.75) is 32.3 Å². The Morgan fingerprint density at radius 3 is 2.83 bits per heavy atom. The summed E-state index contributed by atoms with van der Waals surface area (Å²) in [4.78, 5) is 18.0. The average Bonchev–Trinajstić information content (AvgIpc) is 2.93. The van der Waals surface area contributed by atoms with Crippen molar-refractivity contribution in [3.05, 3.63) is 41.2 Å². The number of hydrogen-bond donors (Lipinski definition) is 0. The molecule has 1 fully saturated rings. The Balaban J connectivity index is 1.84. The van der Waals surface area contributed by atoms with Crippen LogP contribution in [0.1, 0.15) is 32.3 Å². The number of amides is 1. The fraction of sp³-hybridized carbons (Fsp3) is 0.333. The molecule has 4 nitrogen and oxygen atoms in total. The van der Waals surface area contributed by atoms with Gasteiger partial charge in [0, 0.05) is 47.6 Å². The van der Waals surface area contributed by atoms with Gasteiger partial charge in [-0.05, 0) is 38.5 Å². The average molecular weight is 329 g/mol. The van der Waals surface area contributed by atoms with Gasteiger partial charge < -0.3 is 9.64 Å². The second-order valence-electron chi connectivity index (χ2n) is 6.49. The quantitative estimate of drug-likeness (QED) is 0.738. The first-order valence-electron chi connectivity index (χ1n) is 7.75. The fourth-order valence-electron chi connectivity index (χ4n) is 3.38. The Labute approximate surface area is 140 Å². The highest BCUT2D eigenvalue weighted by molar-refractivity contribution is 6.29. The monoisotopic (exact) mass is 328 g/mol. The number of benzene rings is 1. The summed E-state index contributed by atoms with van der Waals surface area (Å²) >= 11 is 6.05. The van der Waals surface area contributed by atoms with Crippen LogP contribution in [-0.2, 0) is 10.4 Å². The van der Waals surface area contributed by atoms with Gasteiger partial charge in [0.2, 0.25) is 5.91 Å². The van der Waals surface area contributed by atoms with Crippen LogP contribution in [0.5, 0.6) is 5.75 Å².